The Labute approximate surface area is 107 Å². The molecule has 0 bridgehead atoms. The van der Waals surface area contributed by atoms with Crippen molar-refractivity contribution < 1.29 is 0 Å². The minimum Gasteiger partial charge on any atom is -0.298 e. The number of aliphatic imine (C=N–C) groups is 1. The van der Waals surface area contributed by atoms with Crippen LogP contribution in [0.5, 0.6) is 0 Å². The van der Waals surface area contributed by atoms with Crippen LogP contribution in [0.15, 0.2) is 40.1 Å². The first-order valence-electron chi connectivity index (χ1n) is 4.77. The van der Waals surface area contributed by atoms with E-state index in [1.807, 2.05) is 18.2 Å². The standard InChI is InChI=1S/C11H8ClN3OS/c12-8-4-2-1-3-7(8)6-13-9-5-10(17)15-11(16)14-9/h1-6H,(H2,14,15,16,17). The van der Waals surface area contributed by atoms with E-state index in [9.17, 15) is 4.79 Å². The summed E-state index contributed by atoms with van der Waals surface area (Å²) >= 11 is 10.8. The molecular formula is C11H8ClN3OS. The zero-order chi connectivity index (χ0) is 12.3. The lowest BCUT2D eigenvalue weighted by molar-refractivity contribution is 1.06. The second-order valence-electron chi connectivity index (χ2n) is 3.25. The lowest BCUT2D eigenvalue weighted by atomic mass is 10.2. The summed E-state index contributed by atoms with van der Waals surface area (Å²) in [4.78, 5) is 20.2. The van der Waals surface area contributed by atoms with Crippen LogP contribution in [0.2, 0.25) is 5.02 Å². The molecule has 2 N–H and O–H groups in total. The summed E-state index contributed by atoms with van der Waals surface area (Å²) in [6.45, 7) is 0. The average molecular weight is 266 g/mol. The highest BCUT2D eigenvalue weighted by atomic mass is 35.5. The Hall–Kier alpha value is -1.72. The quantitative estimate of drug-likeness (QED) is 0.648. The fraction of sp³-hybridized carbons (Fsp3) is 0. The van der Waals surface area contributed by atoms with Crippen LogP contribution in [0.3, 0.4) is 0 Å². The van der Waals surface area contributed by atoms with Gasteiger partial charge in [0.25, 0.3) is 0 Å². The van der Waals surface area contributed by atoms with Crippen LogP contribution in [-0.2, 0) is 0 Å². The summed E-state index contributed by atoms with van der Waals surface area (Å²) < 4.78 is 0.333. The van der Waals surface area contributed by atoms with Gasteiger partial charge in [0.1, 0.15) is 10.5 Å². The van der Waals surface area contributed by atoms with Gasteiger partial charge in [0.05, 0.1) is 0 Å². The van der Waals surface area contributed by atoms with Crippen LogP contribution in [0, 0.1) is 4.64 Å². The predicted octanol–water partition coefficient (Wildman–Crippen LogP) is 2.84. The molecule has 0 amide bonds. The number of halogens is 1. The lowest BCUT2D eigenvalue weighted by Crippen LogP contribution is -2.08. The minimum absolute atomic E-state index is 0.333. The number of benzene rings is 1. The molecule has 0 radical (unpaired) electrons. The van der Waals surface area contributed by atoms with Crippen molar-refractivity contribution in [3.63, 3.8) is 0 Å². The number of aromatic nitrogens is 2. The maximum atomic E-state index is 11.1. The Morgan fingerprint density at radius 2 is 2.06 bits per heavy atom. The first kappa shape index (κ1) is 11.8. The van der Waals surface area contributed by atoms with Crippen molar-refractivity contribution >= 4 is 35.9 Å². The van der Waals surface area contributed by atoms with E-state index in [-0.39, 0.29) is 5.69 Å². The van der Waals surface area contributed by atoms with Gasteiger partial charge >= 0.3 is 5.69 Å². The monoisotopic (exact) mass is 265 g/mol. The van der Waals surface area contributed by atoms with Gasteiger partial charge in [-0.1, -0.05) is 42.0 Å². The van der Waals surface area contributed by atoms with Gasteiger partial charge in [0.2, 0.25) is 0 Å². The van der Waals surface area contributed by atoms with Crippen molar-refractivity contribution in [2.75, 3.05) is 0 Å². The van der Waals surface area contributed by atoms with Crippen LogP contribution in [0.25, 0.3) is 0 Å². The van der Waals surface area contributed by atoms with E-state index >= 15 is 0 Å². The van der Waals surface area contributed by atoms with Crippen molar-refractivity contribution in [1.82, 2.24) is 9.97 Å². The maximum absolute atomic E-state index is 11.1. The molecule has 0 aliphatic rings. The summed E-state index contributed by atoms with van der Waals surface area (Å²) in [7, 11) is 0. The van der Waals surface area contributed by atoms with Gasteiger partial charge in [-0.25, -0.2) is 9.79 Å². The van der Waals surface area contributed by atoms with Crippen LogP contribution < -0.4 is 5.69 Å². The number of nitrogens with one attached hydrogen (secondary N) is 2. The summed E-state index contributed by atoms with van der Waals surface area (Å²) in [5.74, 6) is 0.388. The Kier molecular flexibility index (Phi) is 3.51. The maximum Gasteiger partial charge on any atom is 0.325 e. The predicted molar refractivity (Wildman–Crippen MR) is 71.0 cm³/mol. The highest BCUT2D eigenvalue weighted by molar-refractivity contribution is 7.71. The van der Waals surface area contributed by atoms with Gasteiger partial charge in [0, 0.05) is 22.9 Å². The summed E-state index contributed by atoms with van der Waals surface area (Å²) in [5.41, 5.74) is 0.387. The Morgan fingerprint density at radius 3 is 2.76 bits per heavy atom. The summed E-state index contributed by atoms with van der Waals surface area (Å²) in [6, 6.07) is 8.84. The molecule has 0 aliphatic heterocycles. The number of aromatic amines is 2. The number of hydrogen-bond donors (Lipinski definition) is 2. The molecule has 0 aliphatic carbocycles. The molecule has 0 spiro atoms. The van der Waals surface area contributed by atoms with Gasteiger partial charge in [-0.05, 0) is 6.07 Å². The SMILES string of the molecule is O=c1[nH]c(N=Cc2ccccc2Cl)cc(=S)[nH]1. The van der Waals surface area contributed by atoms with Crippen molar-refractivity contribution in [3.05, 3.63) is 56.0 Å². The third-order valence-electron chi connectivity index (χ3n) is 1.99. The van der Waals surface area contributed by atoms with Gasteiger partial charge in [0.15, 0.2) is 0 Å². The summed E-state index contributed by atoms with van der Waals surface area (Å²) in [6.07, 6.45) is 1.57. The molecule has 1 heterocycles. The van der Waals surface area contributed by atoms with E-state index in [2.05, 4.69) is 15.0 Å². The molecular weight excluding hydrogens is 258 g/mol. The molecule has 2 aromatic rings. The minimum atomic E-state index is -0.385. The third-order valence-corrected chi connectivity index (χ3v) is 2.56. The van der Waals surface area contributed by atoms with Crippen molar-refractivity contribution in [2.45, 2.75) is 0 Å². The normalized spacial score (nSPS) is 10.9. The first-order valence-corrected chi connectivity index (χ1v) is 5.56. The van der Waals surface area contributed by atoms with Crippen LogP contribution in [0.4, 0.5) is 5.82 Å². The average Bonchev–Trinajstić information content (AvgIpc) is 2.27. The molecule has 4 nitrogen and oxygen atoms in total. The fourth-order valence-corrected chi connectivity index (χ4v) is 1.63. The van der Waals surface area contributed by atoms with Gasteiger partial charge in [-0.3, -0.25) is 9.97 Å². The second kappa shape index (κ2) is 5.07. The zero-order valence-corrected chi connectivity index (χ0v) is 10.2. The van der Waals surface area contributed by atoms with Gasteiger partial charge < -0.3 is 0 Å². The van der Waals surface area contributed by atoms with E-state index in [4.69, 9.17) is 23.8 Å². The van der Waals surface area contributed by atoms with E-state index in [0.717, 1.165) is 5.56 Å². The van der Waals surface area contributed by atoms with E-state index in [1.54, 1.807) is 18.3 Å². The second-order valence-corrected chi connectivity index (χ2v) is 4.10. The summed E-state index contributed by atoms with van der Waals surface area (Å²) in [5, 5.41) is 0.597. The number of nitrogens with zero attached hydrogens (tertiary/aromatic N) is 1. The molecule has 17 heavy (non-hydrogen) atoms. The Bertz CT molecular complexity index is 646. The molecule has 6 heteroatoms. The highest BCUT2D eigenvalue weighted by Crippen LogP contribution is 2.13. The van der Waals surface area contributed by atoms with Crippen LogP contribution in [0.1, 0.15) is 5.56 Å². The molecule has 1 aromatic carbocycles. The molecule has 0 atom stereocenters. The number of H-pyrrole nitrogens is 2. The Balaban J connectivity index is 2.36. The smallest absolute Gasteiger partial charge is 0.298 e. The van der Waals surface area contributed by atoms with E-state index < -0.39 is 0 Å². The Morgan fingerprint density at radius 1 is 1.29 bits per heavy atom. The van der Waals surface area contributed by atoms with Crippen molar-refractivity contribution in [3.8, 4) is 0 Å². The molecule has 1 aromatic heterocycles. The molecule has 0 saturated heterocycles. The van der Waals surface area contributed by atoms with Crippen LogP contribution in [-0.4, -0.2) is 16.2 Å². The van der Waals surface area contributed by atoms with Crippen molar-refractivity contribution in [1.29, 1.82) is 0 Å². The van der Waals surface area contributed by atoms with E-state index in [0.29, 0.717) is 15.5 Å². The zero-order valence-electron chi connectivity index (χ0n) is 8.61. The molecule has 0 unspecified atom stereocenters. The molecule has 0 fully saturated rings. The van der Waals surface area contributed by atoms with E-state index in [1.165, 1.54) is 0 Å². The first-order chi connectivity index (χ1) is 8.15. The number of rotatable bonds is 2. The lowest BCUT2D eigenvalue weighted by Gasteiger charge is -1.96. The van der Waals surface area contributed by atoms with Gasteiger partial charge in [-0.2, -0.15) is 0 Å². The number of hydrogen-bond acceptors (Lipinski definition) is 3. The van der Waals surface area contributed by atoms with Crippen LogP contribution >= 0.6 is 23.8 Å². The molecule has 0 saturated carbocycles. The van der Waals surface area contributed by atoms with Crippen molar-refractivity contribution in [2.24, 2.45) is 4.99 Å². The van der Waals surface area contributed by atoms with Gasteiger partial charge in [-0.15, -0.1) is 0 Å². The highest BCUT2D eigenvalue weighted by Gasteiger charge is 1.95. The fourth-order valence-electron chi connectivity index (χ4n) is 1.24. The molecule has 2 rings (SSSR count). The topological polar surface area (TPSA) is 61.0 Å². The molecule has 86 valence electrons. The largest absolute Gasteiger partial charge is 0.325 e. The third kappa shape index (κ3) is 3.12.